The summed E-state index contributed by atoms with van der Waals surface area (Å²) in [4.78, 5) is 11.7. The van der Waals surface area contributed by atoms with E-state index >= 15 is 0 Å². The molecule has 2 N–H and O–H groups in total. The molecule has 0 saturated heterocycles. The van der Waals surface area contributed by atoms with Gasteiger partial charge in [-0.05, 0) is 37.1 Å². The van der Waals surface area contributed by atoms with Gasteiger partial charge in [0, 0.05) is 5.56 Å². The number of carbonyl (C=O) groups excluding carboxylic acids is 1. The highest BCUT2D eigenvalue weighted by atomic mass is 16.5. The van der Waals surface area contributed by atoms with Crippen LogP contribution in [0.25, 0.3) is 0 Å². The van der Waals surface area contributed by atoms with E-state index in [4.69, 9.17) is 4.74 Å². The number of para-hydroxylation sites is 2. The molecular formula is C17H18N2O3. The van der Waals surface area contributed by atoms with Crippen molar-refractivity contribution in [3.05, 3.63) is 59.2 Å². The smallest absolute Gasteiger partial charge is 0.277 e. The maximum absolute atomic E-state index is 11.7. The van der Waals surface area contributed by atoms with Gasteiger partial charge in [-0.1, -0.05) is 30.3 Å². The Morgan fingerprint density at radius 3 is 2.55 bits per heavy atom. The van der Waals surface area contributed by atoms with Gasteiger partial charge < -0.3 is 9.84 Å². The summed E-state index contributed by atoms with van der Waals surface area (Å²) in [7, 11) is 0. The number of aryl methyl sites for hydroxylation is 2. The van der Waals surface area contributed by atoms with E-state index < -0.39 is 0 Å². The predicted molar refractivity (Wildman–Crippen MR) is 85.3 cm³/mol. The summed E-state index contributed by atoms with van der Waals surface area (Å²) in [5.41, 5.74) is 4.84. The second kappa shape index (κ2) is 7.26. The first kappa shape index (κ1) is 15.6. The number of hydrogen-bond acceptors (Lipinski definition) is 4. The highest BCUT2D eigenvalue weighted by molar-refractivity contribution is 5.85. The molecule has 0 fully saturated rings. The number of amides is 1. The van der Waals surface area contributed by atoms with E-state index in [9.17, 15) is 9.90 Å². The molecule has 0 saturated carbocycles. The maximum atomic E-state index is 11.7. The minimum absolute atomic E-state index is 0.104. The molecule has 0 aliphatic carbocycles. The third kappa shape index (κ3) is 4.09. The zero-order valence-corrected chi connectivity index (χ0v) is 12.5. The molecule has 0 unspecified atom stereocenters. The zero-order chi connectivity index (χ0) is 15.9. The van der Waals surface area contributed by atoms with Crippen LogP contribution in [0.1, 0.15) is 16.7 Å². The van der Waals surface area contributed by atoms with Crippen LogP contribution < -0.4 is 10.2 Å². The Balaban J connectivity index is 1.88. The number of ether oxygens (including phenoxy) is 1. The molecule has 0 aliphatic heterocycles. The van der Waals surface area contributed by atoms with Gasteiger partial charge in [-0.2, -0.15) is 5.10 Å². The summed E-state index contributed by atoms with van der Waals surface area (Å²) in [6.45, 7) is 3.73. The van der Waals surface area contributed by atoms with Gasteiger partial charge >= 0.3 is 0 Å². The lowest BCUT2D eigenvalue weighted by molar-refractivity contribution is -0.123. The summed E-state index contributed by atoms with van der Waals surface area (Å²) in [5, 5.41) is 13.4. The molecule has 0 heterocycles. The molecule has 0 bridgehead atoms. The van der Waals surface area contributed by atoms with Crippen molar-refractivity contribution in [1.29, 1.82) is 0 Å². The SMILES string of the molecule is Cc1cccc(C)c1OCC(=O)N/N=C\c1ccccc1O. The van der Waals surface area contributed by atoms with Gasteiger partial charge in [-0.25, -0.2) is 5.43 Å². The van der Waals surface area contributed by atoms with E-state index in [1.54, 1.807) is 24.3 Å². The fourth-order valence-corrected chi connectivity index (χ4v) is 1.97. The summed E-state index contributed by atoms with van der Waals surface area (Å²) in [5.74, 6) is 0.448. The molecule has 0 radical (unpaired) electrons. The topological polar surface area (TPSA) is 70.9 Å². The van der Waals surface area contributed by atoms with E-state index in [2.05, 4.69) is 10.5 Å². The third-order valence-corrected chi connectivity index (χ3v) is 3.09. The standard InChI is InChI=1S/C17H18N2O3/c1-12-6-5-7-13(2)17(12)22-11-16(21)19-18-10-14-8-3-4-9-15(14)20/h3-10,20H,11H2,1-2H3,(H,19,21)/b18-10-. The van der Waals surface area contributed by atoms with Crippen LogP contribution in [-0.4, -0.2) is 23.8 Å². The van der Waals surface area contributed by atoms with Crippen LogP contribution in [0.15, 0.2) is 47.6 Å². The Kier molecular flexibility index (Phi) is 5.14. The summed E-state index contributed by atoms with van der Waals surface area (Å²) < 4.78 is 5.52. The Labute approximate surface area is 129 Å². The Morgan fingerprint density at radius 2 is 1.86 bits per heavy atom. The van der Waals surface area contributed by atoms with Crippen LogP contribution in [0, 0.1) is 13.8 Å². The first-order valence-corrected chi connectivity index (χ1v) is 6.87. The Hall–Kier alpha value is -2.82. The van der Waals surface area contributed by atoms with Gasteiger partial charge in [-0.15, -0.1) is 0 Å². The summed E-state index contributed by atoms with van der Waals surface area (Å²) >= 11 is 0. The van der Waals surface area contributed by atoms with Gasteiger partial charge in [0.25, 0.3) is 5.91 Å². The fourth-order valence-electron chi connectivity index (χ4n) is 1.97. The van der Waals surface area contributed by atoms with Crippen molar-refractivity contribution in [2.24, 2.45) is 5.10 Å². The van der Waals surface area contributed by atoms with Crippen molar-refractivity contribution >= 4 is 12.1 Å². The molecule has 5 nitrogen and oxygen atoms in total. The average molecular weight is 298 g/mol. The number of phenolic OH excluding ortho intramolecular Hbond substituents is 1. The largest absolute Gasteiger partial charge is 0.507 e. The molecule has 0 aliphatic rings. The number of phenols is 1. The third-order valence-electron chi connectivity index (χ3n) is 3.09. The quantitative estimate of drug-likeness (QED) is 0.658. The van der Waals surface area contributed by atoms with Gasteiger partial charge in [0.15, 0.2) is 6.61 Å². The molecule has 5 heteroatoms. The van der Waals surface area contributed by atoms with Gasteiger partial charge in [0.2, 0.25) is 0 Å². The second-order valence-electron chi connectivity index (χ2n) is 4.86. The van der Waals surface area contributed by atoms with Gasteiger partial charge in [0.1, 0.15) is 11.5 Å². The van der Waals surface area contributed by atoms with Gasteiger partial charge in [-0.3, -0.25) is 4.79 Å². The van der Waals surface area contributed by atoms with Gasteiger partial charge in [0.05, 0.1) is 6.21 Å². The second-order valence-corrected chi connectivity index (χ2v) is 4.86. The Morgan fingerprint density at radius 1 is 1.18 bits per heavy atom. The number of nitrogens with one attached hydrogen (secondary N) is 1. The first-order chi connectivity index (χ1) is 10.6. The number of hydrogen-bond donors (Lipinski definition) is 2. The van der Waals surface area contributed by atoms with Crippen molar-refractivity contribution in [3.8, 4) is 11.5 Å². The van der Waals surface area contributed by atoms with E-state index in [1.807, 2.05) is 32.0 Å². The number of carbonyl (C=O) groups is 1. The predicted octanol–water partition coefficient (Wildman–Crippen LogP) is 2.54. The van der Waals surface area contributed by atoms with E-state index in [0.29, 0.717) is 11.3 Å². The lowest BCUT2D eigenvalue weighted by atomic mass is 10.1. The van der Waals surface area contributed by atoms with Crippen LogP contribution in [0.5, 0.6) is 11.5 Å². The number of benzene rings is 2. The van der Waals surface area contributed by atoms with E-state index in [0.717, 1.165) is 11.1 Å². The molecule has 0 atom stereocenters. The van der Waals surface area contributed by atoms with E-state index in [-0.39, 0.29) is 18.3 Å². The highest BCUT2D eigenvalue weighted by Crippen LogP contribution is 2.21. The van der Waals surface area contributed by atoms with Crippen LogP contribution >= 0.6 is 0 Å². The monoisotopic (exact) mass is 298 g/mol. The van der Waals surface area contributed by atoms with Crippen LogP contribution in [0.3, 0.4) is 0 Å². The molecule has 2 rings (SSSR count). The zero-order valence-electron chi connectivity index (χ0n) is 12.5. The van der Waals surface area contributed by atoms with Crippen molar-refractivity contribution in [1.82, 2.24) is 5.43 Å². The fraction of sp³-hybridized carbons (Fsp3) is 0.176. The van der Waals surface area contributed by atoms with Crippen molar-refractivity contribution < 1.29 is 14.6 Å². The Bertz CT molecular complexity index is 676. The number of nitrogens with zero attached hydrogens (tertiary/aromatic N) is 1. The maximum Gasteiger partial charge on any atom is 0.277 e. The number of aromatic hydroxyl groups is 1. The lowest BCUT2D eigenvalue weighted by Crippen LogP contribution is -2.25. The minimum Gasteiger partial charge on any atom is -0.507 e. The lowest BCUT2D eigenvalue weighted by Gasteiger charge is -2.10. The number of hydrazone groups is 1. The first-order valence-electron chi connectivity index (χ1n) is 6.87. The normalized spacial score (nSPS) is 10.6. The van der Waals surface area contributed by atoms with Crippen LogP contribution in [0.2, 0.25) is 0 Å². The molecule has 2 aromatic carbocycles. The molecular weight excluding hydrogens is 280 g/mol. The molecule has 0 aromatic heterocycles. The molecule has 114 valence electrons. The summed E-state index contributed by atoms with van der Waals surface area (Å²) in [6.07, 6.45) is 1.38. The molecule has 0 spiro atoms. The molecule has 2 aromatic rings. The average Bonchev–Trinajstić information content (AvgIpc) is 2.49. The van der Waals surface area contributed by atoms with Crippen LogP contribution in [-0.2, 0) is 4.79 Å². The van der Waals surface area contributed by atoms with Crippen molar-refractivity contribution in [2.45, 2.75) is 13.8 Å². The molecule has 22 heavy (non-hydrogen) atoms. The van der Waals surface area contributed by atoms with Crippen molar-refractivity contribution in [3.63, 3.8) is 0 Å². The van der Waals surface area contributed by atoms with Crippen LogP contribution in [0.4, 0.5) is 0 Å². The minimum atomic E-state index is -0.366. The summed E-state index contributed by atoms with van der Waals surface area (Å²) in [6, 6.07) is 12.5. The number of rotatable bonds is 5. The van der Waals surface area contributed by atoms with E-state index in [1.165, 1.54) is 6.21 Å². The molecule has 1 amide bonds. The highest BCUT2D eigenvalue weighted by Gasteiger charge is 2.06. The van der Waals surface area contributed by atoms with Crippen molar-refractivity contribution in [2.75, 3.05) is 6.61 Å².